The zero-order valence-corrected chi connectivity index (χ0v) is 14.7. The average Bonchev–Trinajstić information content (AvgIpc) is 2.89. The number of aromatic nitrogens is 1. The lowest BCUT2D eigenvalue weighted by Crippen LogP contribution is -2.49. The molecule has 0 aliphatic carbocycles. The van der Waals surface area contributed by atoms with Crippen molar-refractivity contribution in [2.45, 2.75) is 32.4 Å². The van der Waals surface area contributed by atoms with Crippen LogP contribution in [0.5, 0.6) is 0 Å². The molecule has 1 fully saturated rings. The molecule has 0 saturated carbocycles. The molecule has 0 amide bonds. The molecule has 2 aliphatic rings. The van der Waals surface area contributed by atoms with Crippen LogP contribution < -0.4 is 21.4 Å². The molecule has 2 aliphatic heterocycles. The number of nitrogen functional groups attached to an aromatic ring is 1. The fourth-order valence-electron chi connectivity index (χ4n) is 4.22. The fourth-order valence-corrected chi connectivity index (χ4v) is 4.22. The minimum absolute atomic E-state index is 0.0197. The minimum atomic E-state index is -1.33. The largest absolute Gasteiger partial charge is 0.477 e. The molecule has 26 heavy (non-hydrogen) atoms. The number of carboxylic acids is 1. The van der Waals surface area contributed by atoms with Gasteiger partial charge in [0, 0.05) is 43.5 Å². The van der Waals surface area contributed by atoms with E-state index in [4.69, 9.17) is 5.73 Å². The number of piperazine rings is 1. The van der Waals surface area contributed by atoms with Crippen LogP contribution in [0.25, 0.3) is 10.9 Å². The van der Waals surface area contributed by atoms with E-state index in [1.807, 2.05) is 18.7 Å². The van der Waals surface area contributed by atoms with Crippen LogP contribution in [-0.2, 0) is 6.42 Å². The first-order valence-corrected chi connectivity index (χ1v) is 8.71. The van der Waals surface area contributed by atoms with Gasteiger partial charge in [-0.25, -0.2) is 9.18 Å². The molecule has 1 aromatic carbocycles. The van der Waals surface area contributed by atoms with Crippen molar-refractivity contribution in [3.05, 3.63) is 33.4 Å². The van der Waals surface area contributed by atoms with Crippen LogP contribution in [0.2, 0.25) is 0 Å². The van der Waals surface area contributed by atoms with E-state index in [1.165, 1.54) is 6.20 Å². The lowest BCUT2D eigenvalue weighted by atomic mass is 10.0. The number of benzene rings is 1. The second-order valence-electron chi connectivity index (χ2n) is 7.22. The Morgan fingerprint density at radius 2 is 2.15 bits per heavy atom. The quantitative estimate of drug-likeness (QED) is 0.699. The number of anilines is 2. The molecular weight excluding hydrogens is 339 g/mol. The van der Waals surface area contributed by atoms with Crippen molar-refractivity contribution < 1.29 is 14.3 Å². The topological polar surface area (TPSA) is 101 Å². The Kier molecular flexibility index (Phi) is 3.69. The van der Waals surface area contributed by atoms with Gasteiger partial charge in [0.1, 0.15) is 5.56 Å². The van der Waals surface area contributed by atoms with Gasteiger partial charge in [-0.2, -0.15) is 0 Å². The number of nitrogens with zero attached hydrogens (tertiary/aromatic N) is 2. The van der Waals surface area contributed by atoms with Crippen molar-refractivity contribution >= 4 is 28.2 Å². The van der Waals surface area contributed by atoms with Gasteiger partial charge in [0.05, 0.1) is 22.3 Å². The van der Waals surface area contributed by atoms with Crippen molar-refractivity contribution in [3.63, 3.8) is 0 Å². The molecule has 3 heterocycles. The van der Waals surface area contributed by atoms with Gasteiger partial charge in [-0.05, 0) is 20.3 Å². The highest BCUT2D eigenvalue weighted by Gasteiger charge is 2.33. The van der Waals surface area contributed by atoms with E-state index < -0.39 is 17.2 Å². The van der Waals surface area contributed by atoms with Crippen LogP contribution in [0.15, 0.2) is 11.0 Å². The SMILES string of the molecule is CC1CN(c2c(F)c(N)c3c(=O)c(C(=O)O)cn4c3c2C[C@@H]4C)CCN1. The Bertz CT molecular complexity index is 1000. The molecule has 4 rings (SSSR count). The maximum Gasteiger partial charge on any atom is 0.341 e. The zero-order valence-electron chi connectivity index (χ0n) is 14.7. The van der Waals surface area contributed by atoms with Gasteiger partial charge in [0.25, 0.3) is 0 Å². The van der Waals surface area contributed by atoms with Gasteiger partial charge in [-0.3, -0.25) is 4.79 Å². The van der Waals surface area contributed by atoms with Gasteiger partial charge in [-0.1, -0.05) is 0 Å². The van der Waals surface area contributed by atoms with Gasteiger partial charge in [0.15, 0.2) is 5.82 Å². The van der Waals surface area contributed by atoms with E-state index in [0.717, 1.165) is 12.1 Å². The van der Waals surface area contributed by atoms with Crippen LogP contribution in [0.4, 0.5) is 15.8 Å². The predicted molar refractivity (Wildman–Crippen MR) is 97.6 cm³/mol. The van der Waals surface area contributed by atoms with Crippen molar-refractivity contribution in [2.24, 2.45) is 0 Å². The molecule has 1 unspecified atom stereocenters. The molecule has 1 saturated heterocycles. The number of carbonyl (C=O) groups is 1. The average molecular weight is 360 g/mol. The summed E-state index contributed by atoms with van der Waals surface area (Å²) in [5.41, 5.74) is 6.39. The van der Waals surface area contributed by atoms with E-state index in [1.54, 1.807) is 4.57 Å². The van der Waals surface area contributed by atoms with Crippen LogP contribution in [0.3, 0.4) is 0 Å². The normalized spacial score (nSPS) is 22.2. The van der Waals surface area contributed by atoms with Crippen molar-refractivity contribution in [3.8, 4) is 0 Å². The maximum atomic E-state index is 15.3. The first-order chi connectivity index (χ1) is 12.3. The number of aromatic carboxylic acids is 1. The van der Waals surface area contributed by atoms with E-state index >= 15 is 4.39 Å². The molecule has 0 bridgehead atoms. The maximum absolute atomic E-state index is 15.3. The number of nitrogens with one attached hydrogen (secondary N) is 1. The fraction of sp³-hybridized carbons (Fsp3) is 0.444. The summed E-state index contributed by atoms with van der Waals surface area (Å²) in [7, 11) is 0. The highest BCUT2D eigenvalue weighted by atomic mass is 19.1. The molecule has 7 nitrogen and oxygen atoms in total. The molecule has 138 valence electrons. The summed E-state index contributed by atoms with van der Waals surface area (Å²) in [6.45, 7) is 5.98. The van der Waals surface area contributed by atoms with Gasteiger partial charge in [-0.15, -0.1) is 0 Å². The molecule has 2 atom stereocenters. The van der Waals surface area contributed by atoms with Crippen molar-refractivity contribution in [1.82, 2.24) is 9.88 Å². The summed E-state index contributed by atoms with van der Waals surface area (Å²) in [6.07, 6.45) is 1.89. The number of pyridine rings is 1. The first kappa shape index (κ1) is 16.8. The third kappa shape index (κ3) is 2.21. The molecule has 8 heteroatoms. The highest BCUT2D eigenvalue weighted by Crippen LogP contribution is 2.42. The van der Waals surface area contributed by atoms with Crippen molar-refractivity contribution in [1.29, 1.82) is 0 Å². The molecule has 0 spiro atoms. The molecular formula is C18H21FN4O3. The van der Waals surface area contributed by atoms with Crippen LogP contribution in [0, 0.1) is 5.82 Å². The number of nitrogens with two attached hydrogens (primary N) is 1. The van der Waals surface area contributed by atoms with Gasteiger partial charge >= 0.3 is 5.97 Å². The number of rotatable bonds is 2. The Morgan fingerprint density at radius 3 is 2.81 bits per heavy atom. The van der Waals surface area contributed by atoms with E-state index in [9.17, 15) is 14.7 Å². The van der Waals surface area contributed by atoms with Crippen LogP contribution >= 0.6 is 0 Å². The number of halogens is 1. The Labute approximate surface area is 149 Å². The first-order valence-electron chi connectivity index (χ1n) is 8.71. The standard InChI is InChI=1S/C18H21FN4O3/c1-8-6-22(4-3-21-8)16-10-5-9(2)23-7-11(18(25)26)17(24)12(15(10)23)14(20)13(16)19/h7-9,21H,3-6,20H2,1-2H3,(H,25,26)/t8?,9-/m0/s1. The monoisotopic (exact) mass is 360 g/mol. The smallest absolute Gasteiger partial charge is 0.341 e. The molecule has 2 aromatic rings. The third-order valence-corrected chi connectivity index (χ3v) is 5.41. The Morgan fingerprint density at radius 1 is 1.42 bits per heavy atom. The summed E-state index contributed by atoms with van der Waals surface area (Å²) in [5, 5.41) is 12.6. The second kappa shape index (κ2) is 5.70. The van der Waals surface area contributed by atoms with E-state index in [-0.39, 0.29) is 28.7 Å². The highest BCUT2D eigenvalue weighted by molar-refractivity contribution is 6.02. The summed E-state index contributed by atoms with van der Waals surface area (Å²) >= 11 is 0. The minimum Gasteiger partial charge on any atom is -0.477 e. The van der Waals surface area contributed by atoms with E-state index in [2.05, 4.69) is 5.32 Å². The third-order valence-electron chi connectivity index (χ3n) is 5.41. The van der Waals surface area contributed by atoms with Crippen molar-refractivity contribution in [2.75, 3.05) is 30.3 Å². The molecule has 4 N–H and O–H groups in total. The van der Waals surface area contributed by atoms with E-state index in [0.29, 0.717) is 30.7 Å². The Balaban J connectivity index is 2.07. The lowest BCUT2D eigenvalue weighted by Gasteiger charge is -2.35. The number of hydrogen-bond acceptors (Lipinski definition) is 5. The summed E-state index contributed by atoms with van der Waals surface area (Å²) in [5.74, 6) is -1.96. The molecule has 1 aromatic heterocycles. The van der Waals surface area contributed by atoms with Crippen LogP contribution in [-0.4, -0.2) is 41.3 Å². The predicted octanol–water partition coefficient (Wildman–Crippen LogP) is 1.34. The van der Waals surface area contributed by atoms with Gasteiger partial charge in [0.2, 0.25) is 5.43 Å². The van der Waals surface area contributed by atoms with Crippen LogP contribution in [0.1, 0.15) is 35.8 Å². The summed E-state index contributed by atoms with van der Waals surface area (Å²) in [6, 6.07) is 0.133. The summed E-state index contributed by atoms with van der Waals surface area (Å²) in [4.78, 5) is 26.1. The number of hydrogen-bond donors (Lipinski definition) is 3. The lowest BCUT2D eigenvalue weighted by molar-refractivity contribution is 0.0695. The summed E-state index contributed by atoms with van der Waals surface area (Å²) < 4.78 is 17.0. The van der Waals surface area contributed by atoms with Gasteiger partial charge < -0.3 is 25.6 Å². The Hall–Kier alpha value is -2.61. The molecule has 0 radical (unpaired) electrons. The zero-order chi connectivity index (χ0) is 18.7. The number of carboxylic acid groups (broad SMARTS) is 1. The second-order valence-corrected chi connectivity index (χ2v) is 7.22.